The minimum Gasteiger partial charge on any atom is -0.352 e. The Hall–Kier alpha value is -4.97. The third-order valence-corrected chi connectivity index (χ3v) is 12.0. The van der Waals surface area contributed by atoms with E-state index in [-0.39, 0.29) is 5.91 Å². The van der Waals surface area contributed by atoms with Crippen LogP contribution in [0.25, 0.3) is 32.9 Å². The van der Waals surface area contributed by atoms with Crippen molar-refractivity contribution >= 4 is 38.4 Å². The van der Waals surface area contributed by atoms with Crippen molar-refractivity contribution in [1.29, 1.82) is 0 Å². The van der Waals surface area contributed by atoms with Crippen molar-refractivity contribution in [1.82, 2.24) is 40.4 Å². The van der Waals surface area contributed by atoms with E-state index in [1.165, 1.54) is 61.8 Å². The SMILES string of the molecule is Cc1c(-c2ccc(N3CCc4cccc(C(=O)Nc5nc6ccccc6s5)c4C3)nc2-c2nn[nH]n2)cnn1CC12CCCC(CCC1)C2. The van der Waals surface area contributed by atoms with Crippen LogP contribution in [0.5, 0.6) is 0 Å². The first-order valence-electron chi connectivity index (χ1n) is 17.3. The minimum atomic E-state index is -0.155. The fraction of sp³-hybridized carbons (Fsp3) is 0.378. The zero-order chi connectivity index (χ0) is 33.0. The maximum atomic E-state index is 13.6. The Morgan fingerprint density at radius 3 is 2.76 bits per heavy atom. The number of pyridine rings is 1. The van der Waals surface area contributed by atoms with Crippen molar-refractivity contribution in [2.24, 2.45) is 11.3 Å². The number of nitrogens with one attached hydrogen (secondary N) is 2. The first kappa shape index (κ1) is 30.1. The summed E-state index contributed by atoms with van der Waals surface area (Å²) in [6, 6.07) is 18.1. The highest BCUT2D eigenvalue weighted by molar-refractivity contribution is 7.22. The number of rotatable bonds is 7. The number of nitrogens with zero attached hydrogens (tertiary/aromatic N) is 8. The molecule has 1 aliphatic heterocycles. The number of hydrogen-bond acceptors (Lipinski definition) is 9. The molecule has 6 aromatic rings. The van der Waals surface area contributed by atoms with Gasteiger partial charge in [-0.15, -0.1) is 10.2 Å². The number of aromatic nitrogens is 8. The van der Waals surface area contributed by atoms with E-state index in [0.29, 0.717) is 34.2 Å². The summed E-state index contributed by atoms with van der Waals surface area (Å²) in [5.41, 5.74) is 7.85. The molecule has 5 heterocycles. The summed E-state index contributed by atoms with van der Waals surface area (Å²) < 4.78 is 3.26. The lowest BCUT2D eigenvalue weighted by atomic mass is 9.62. The van der Waals surface area contributed by atoms with Crippen molar-refractivity contribution in [3.05, 3.63) is 83.2 Å². The Balaban J connectivity index is 1.00. The molecule has 49 heavy (non-hydrogen) atoms. The molecule has 0 radical (unpaired) electrons. The fourth-order valence-electron chi connectivity index (χ4n) is 8.59. The second-order valence-corrected chi connectivity index (χ2v) is 15.0. The van der Waals surface area contributed by atoms with Gasteiger partial charge in [-0.3, -0.25) is 14.8 Å². The van der Waals surface area contributed by atoms with Crippen LogP contribution in [0.4, 0.5) is 10.9 Å². The van der Waals surface area contributed by atoms with Crippen LogP contribution in [0.15, 0.2) is 60.8 Å². The van der Waals surface area contributed by atoms with Crippen molar-refractivity contribution in [2.45, 2.75) is 71.4 Å². The molecule has 2 aliphatic carbocycles. The van der Waals surface area contributed by atoms with Crippen molar-refractivity contribution in [2.75, 3.05) is 16.8 Å². The molecule has 2 bridgehead atoms. The molecule has 0 atom stereocenters. The van der Waals surface area contributed by atoms with E-state index in [4.69, 9.17) is 10.1 Å². The molecule has 0 saturated heterocycles. The highest BCUT2D eigenvalue weighted by atomic mass is 32.1. The molecule has 3 aliphatic rings. The maximum absolute atomic E-state index is 13.6. The number of H-pyrrole nitrogens is 1. The molecular weight excluding hydrogens is 633 g/mol. The Labute approximate surface area is 288 Å². The van der Waals surface area contributed by atoms with Crippen LogP contribution in [0.1, 0.15) is 72.1 Å². The second-order valence-electron chi connectivity index (χ2n) is 14.0. The van der Waals surface area contributed by atoms with Crippen molar-refractivity contribution < 1.29 is 4.79 Å². The highest BCUT2D eigenvalue weighted by Crippen LogP contribution is 2.50. The molecule has 2 saturated carbocycles. The third kappa shape index (κ3) is 5.57. The van der Waals surface area contributed by atoms with Gasteiger partial charge in [-0.1, -0.05) is 61.3 Å². The molecular formula is C37H38N10OS. The summed E-state index contributed by atoms with van der Waals surface area (Å²) in [6.07, 6.45) is 12.1. The van der Waals surface area contributed by atoms with Crippen molar-refractivity contribution in [3.63, 3.8) is 0 Å². The maximum Gasteiger partial charge on any atom is 0.257 e. The van der Waals surface area contributed by atoms with E-state index in [1.807, 2.05) is 42.6 Å². The molecule has 2 aromatic carbocycles. The summed E-state index contributed by atoms with van der Waals surface area (Å²) in [4.78, 5) is 25.6. The quantitative estimate of drug-likeness (QED) is 0.182. The van der Waals surface area contributed by atoms with Crippen LogP contribution < -0.4 is 10.2 Å². The van der Waals surface area contributed by atoms with Crippen LogP contribution in [0, 0.1) is 18.3 Å². The van der Waals surface area contributed by atoms with Gasteiger partial charge in [0.25, 0.3) is 5.91 Å². The van der Waals surface area contributed by atoms with Crippen LogP contribution in [-0.2, 0) is 19.5 Å². The summed E-state index contributed by atoms with van der Waals surface area (Å²) in [6.45, 7) is 4.46. The predicted octanol–water partition coefficient (Wildman–Crippen LogP) is 7.22. The van der Waals surface area contributed by atoms with E-state index < -0.39 is 0 Å². The molecule has 2 fully saturated rings. The first-order chi connectivity index (χ1) is 24.0. The lowest BCUT2D eigenvalue weighted by molar-refractivity contribution is 0.0553. The van der Waals surface area contributed by atoms with Crippen molar-refractivity contribution in [3.8, 4) is 22.6 Å². The van der Waals surface area contributed by atoms with Gasteiger partial charge in [-0.2, -0.15) is 10.3 Å². The molecule has 1 amide bonds. The summed E-state index contributed by atoms with van der Waals surface area (Å²) in [7, 11) is 0. The summed E-state index contributed by atoms with van der Waals surface area (Å²) in [5, 5.41) is 23.7. The van der Waals surface area contributed by atoms with Crippen LogP contribution >= 0.6 is 11.3 Å². The summed E-state index contributed by atoms with van der Waals surface area (Å²) in [5.74, 6) is 1.97. The Morgan fingerprint density at radius 2 is 1.92 bits per heavy atom. The number of aromatic amines is 1. The first-order valence-corrected chi connectivity index (χ1v) is 18.1. The monoisotopic (exact) mass is 670 g/mol. The van der Waals surface area contributed by atoms with Gasteiger partial charge >= 0.3 is 0 Å². The number of benzene rings is 2. The van der Waals surface area contributed by atoms with Gasteiger partial charge in [-0.05, 0) is 90.6 Å². The average Bonchev–Trinajstić information content (AvgIpc) is 3.88. The van der Waals surface area contributed by atoms with Crippen LogP contribution in [0.2, 0.25) is 0 Å². The molecule has 0 unspecified atom stereocenters. The molecule has 4 aromatic heterocycles. The van der Waals surface area contributed by atoms with E-state index in [1.54, 1.807) is 0 Å². The van der Waals surface area contributed by atoms with E-state index in [9.17, 15) is 4.79 Å². The van der Waals surface area contributed by atoms with Gasteiger partial charge in [0.1, 0.15) is 11.5 Å². The minimum absolute atomic E-state index is 0.155. The molecule has 11 nitrogen and oxygen atoms in total. The topological polar surface area (TPSA) is 130 Å². The number of tetrazole rings is 1. The highest BCUT2D eigenvalue weighted by Gasteiger charge is 2.40. The molecule has 9 rings (SSSR count). The van der Waals surface area contributed by atoms with E-state index in [0.717, 1.165) is 63.8 Å². The van der Waals surface area contributed by atoms with Gasteiger partial charge in [0, 0.05) is 42.0 Å². The Morgan fingerprint density at radius 1 is 1.04 bits per heavy atom. The average molecular weight is 671 g/mol. The molecule has 0 spiro atoms. The lowest BCUT2D eigenvalue weighted by Crippen LogP contribution is -2.36. The zero-order valence-electron chi connectivity index (χ0n) is 27.5. The summed E-state index contributed by atoms with van der Waals surface area (Å²) >= 11 is 1.48. The predicted molar refractivity (Wildman–Crippen MR) is 190 cm³/mol. The number of carbonyl (C=O) groups is 1. The molecule has 248 valence electrons. The fourth-order valence-corrected chi connectivity index (χ4v) is 9.45. The largest absolute Gasteiger partial charge is 0.352 e. The van der Waals surface area contributed by atoms with Gasteiger partial charge in [0.2, 0.25) is 5.82 Å². The van der Waals surface area contributed by atoms with Gasteiger partial charge in [-0.25, -0.2) is 9.97 Å². The second kappa shape index (κ2) is 12.2. The standard InChI is InChI=1S/C37H38N10OS/c1-23-28(20-38-47(23)22-37-16-5-7-24(19-37)8-6-17-37)26-13-14-32(40-33(26)34-42-44-45-43-34)46-18-15-25-9-4-10-27(29(25)21-46)35(48)41-36-39-30-11-2-3-12-31(30)49-36/h2-4,9-14,20,24H,5-8,15-19,21-22H2,1H3,(H,39,41,48)(H,42,43,44,45). The Bertz CT molecular complexity index is 2130. The number of para-hydroxylation sites is 1. The molecule has 12 heteroatoms. The van der Waals surface area contributed by atoms with E-state index >= 15 is 0 Å². The number of amides is 1. The zero-order valence-corrected chi connectivity index (χ0v) is 28.3. The Kier molecular flexibility index (Phi) is 7.48. The number of hydrogen-bond donors (Lipinski definition) is 2. The number of anilines is 2. The number of fused-ring (bicyclic) bond motifs is 4. The van der Waals surface area contributed by atoms with Crippen LogP contribution in [0.3, 0.4) is 0 Å². The van der Waals surface area contributed by atoms with Gasteiger partial charge < -0.3 is 4.90 Å². The van der Waals surface area contributed by atoms with Gasteiger partial charge in [0.05, 0.1) is 16.4 Å². The van der Waals surface area contributed by atoms with Gasteiger partial charge in [0.15, 0.2) is 5.13 Å². The third-order valence-electron chi connectivity index (χ3n) is 11.0. The van der Waals surface area contributed by atoms with E-state index in [2.05, 4.69) is 65.6 Å². The number of thiazole rings is 1. The normalized spacial score (nSPS) is 20.3. The number of carbonyl (C=O) groups excluding carboxylic acids is 1. The molecule has 2 N–H and O–H groups in total. The lowest BCUT2D eigenvalue weighted by Gasteiger charge is -2.45. The van der Waals surface area contributed by atoms with Crippen LogP contribution in [-0.4, -0.2) is 52.8 Å². The smallest absolute Gasteiger partial charge is 0.257 e.